The third kappa shape index (κ3) is 4.82. The third-order valence-electron chi connectivity index (χ3n) is 2.89. The van der Waals surface area contributed by atoms with Crippen molar-refractivity contribution in [1.82, 2.24) is 10.3 Å². The topological polar surface area (TPSA) is 24.9 Å². The van der Waals surface area contributed by atoms with Crippen LogP contribution in [0.5, 0.6) is 0 Å². The van der Waals surface area contributed by atoms with E-state index in [1.807, 2.05) is 24.4 Å². The molecule has 1 aromatic heterocycles. The van der Waals surface area contributed by atoms with Crippen LogP contribution in [-0.4, -0.2) is 11.5 Å². The molecule has 2 aromatic rings. The van der Waals surface area contributed by atoms with Crippen molar-refractivity contribution < 1.29 is 0 Å². The second-order valence-corrected chi connectivity index (χ2v) is 5.96. The first-order chi connectivity index (χ1) is 9.79. The Bertz CT molecular complexity index is 528. The van der Waals surface area contributed by atoms with Gasteiger partial charge < -0.3 is 5.32 Å². The molecule has 2 nitrogen and oxygen atoms in total. The van der Waals surface area contributed by atoms with E-state index < -0.39 is 0 Å². The highest BCUT2D eigenvalue weighted by molar-refractivity contribution is 7.98. The largest absolute Gasteiger partial charge is 0.313 e. The Kier molecular flexibility index (Phi) is 6.37. The van der Waals surface area contributed by atoms with E-state index in [4.69, 9.17) is 11.6 Å². The number of nitrogens with zero attached hydrogens (tertiary/aromatic N) is 1. The van der Waals surface area contributed by atoms with Crippen LogP contribution in [0.4, 0.5) is 0 Å². The molecule has 1 N–H and O–H groups in total. The van der Waals surface area contributed by atoms with E-state index in [1.54, 1.807) is 11.8 Å². The predicted molar refractivity (Wildman–Crippen MR) is 87.2 cm³/mol. The van der Waals surface area contributed by atoms with Gasteiger partial charge in [-0.25, -0.2) is 4.98 Å². The third-order valence-corrected chi connectivity index (χ3v) is 4.25. The lowest BCUT2D eigenvalue weighted by molar-refractivity contribution is 0.673. The molecule has 0 fully saturated rings. The molecule has 4 heteroatoms. The molecule has 0 aliphatic rings. The summed E-state index contributed by atoms with van der Waals surface area (Å²) in [6.45, 7) is 4.10. The van der Waals surface area contributed by atoms with E-state index in [9.17, 15) is 0 Å². The van der Waals surface area contributed by atoms with Gasteiger partial charge in [-0.2, -0.15) is 0 Å². The second kappa shape index (κ2) is 8.30. The molecular formula is C16H19ClN2S. The molecule has 1 heterocycles. The number of benzene rings is 1. The maximum absolute atomic E-state index is 6.14. The summed E-state index contributed by atoms with van der Waals surface area (Å²) in [5.74, 6) is 0.847. The minimum Gasteiger partial charge on any atom is -0.313 e. The maximum Gasteiger partial charge on any atom is 0.0963 e. The number of thioether (sulfide) groups is 1. The molecule has 0 unspecified atom stereocenters. The fraction of sp³-hybridized carbons (Fsp3) is 0.312. The fourth-order valence-electron chi connectivity index (χ4n) is 1.78. The lowest BCUT2D eigenvalue weighted by atomic mass is 10.2. The Morgan fingerprint density at radius 2 is 2.05 bits per heavy atom. The number of hydrogen-bond donors (Lipinski definition) is 1. The zero-order valence-corrected chi connectivity index (χ0v) is 13.2. The summed E-state index contributed by atoms with van der Waals surface area (Å²) in [7, 11) is 0. The van der Waals surface area contributed by atoms with Crippen LogP contribution in [-0.2, 0) is 12.3 Å². The van der Waals surface area contributed by atoms with Gasteiger partial charge in [-0.05, 0) is 36.2 Å². The zero-order valence-electron chi connectivity index (χ0n) is 11.6. The molecule has 20 heavy (non-hydrogen) atoms. The highest BCUT2D eigenvalue weighted by Crippen LogP contribution is 2.25. The van der Waals surface area contributed by atoms with E-state index in [-0.39, 0.29) is 0 Å². The first-order valence-electron chi connectivity index (χ1n) is 6.81. The average Bonchev–Trinajstić information content (AvgIpc) is 2.48. The van der Waals surface area contributed by atoms with E-state index in [2.05, 4.69) is 35.4 Å². The number of hydrogen-bond acceptors (Lipinski definition) is 3. The first-order valence-corrected chi connectivity index (χ1v) is 8.18. The smallest absolute Gasteiger partial charge is 0.0963 e. The van der Waals surface area contributed by atoms with E-state index in [0.29, 0.717) is 0 Å². The lowest BCUT2D eigenvalue weighted by Gasteiger charge is -2.05. The molecule has 0 saturated carbocycles. The van der Waals surface area contributed by atoms with Gasteiger partial charge in [-0.15, -0.1) is 11.8 Å². The Balaban J connectivity index is 1.86. The molecule has 106 valence electrons. The van der Waals surface area contributed by atoms with Crippen LogP contribution in [0, 0.1) is 0 Å². The molecule has 0 radical (unpaired) electrons. The number of aromatic nitrogens is 1. The van der Waals surface area contributed by atoms with Gasteiger partial charge >= 0.3 is 0 Å². The lowest BCUT2D eigenvalue weighted by Crippen LogP contribution is -2.13. The second-order valence-electron chi connectivity index (χ2n) is 4.56. The minimum absolute atomic E-state index is 0.820. The summed E-state index contributed by atoms with van der Waals surface area (Å²) in [6.07, 6.45) is 3.09. The van der Waals surface area contributed by atoms with Crippen LogP contribution in [0.1, 0.15) is 24.5 Å². The summed E-state index contributed by atoms with van der Waals surface area (Å²) >= 11 is 7.85. The molecule has 2 rings (SSSR count). The fourth-order valence-corrected chi connectivity index (χ4v) is 2.91. The maximum atomic E-state index is 6.14. The van der Waals surface area contributed by atoms with Crippen LogP contribution in [0.3, 0.4) is 0 Å². The summed E-state index contributed by atoms with van der Waals surface area (Å²) in [5, 5.41) is 5.22. The van der Waals surface area contributed by atoms with Crippen molar-refractivity contribution >= 4 is 23.4 Å². The van der Waals surface area contributed by atoms with Gasteiger partial charge in [0.25, 0.3) is 0 Å². The van der Waals surface area contributed by atoms with Gasteiger partial charge in [0.05, 0.1) is 5.03 Å². The standard InChI is InChI=1S/C16H19ClN2S/c1-2-9-18-10-13-7-8-16(19-11-13)20-12-14-5-3-4-6-15(14)17/h3-8,11,18H,2,9-10,12H2,1H3. The van der Waals surface area contributed by atoms with E-state index in [1.165, 1.54) is 5.56 Å². The Hall–Kier alpha value is -1.03. The number of pyridine rings is 1. The average molecular weight is 307 g/mol. The van der Waals surface area contributed by atoms with Crippen molar-refractivity contribution in [3.63, 3.8) is 0 Å². The zero-order chi connectivity index (χ0) is 14.2. The molecule has 0 amide bonds. The Labute approximate surface area is 130 Å². The van der Waals surface area contributed by atoms with E-state index in [0.717, 1.165) is 40.9 Å². The molecular weight excluding hydrogens is 288 g/mol. The minimum atomic E-state index is 0.820. The van der Waals surface area contributed by atoms with Crippen LogP contribution < -0.4 is 5.32 Å². The monoisotopic (exact) mass is 306 g/mol. The summed E-state index contributed by atoms with van der Waals surface area (Å²) in [6, 6.07) is 12.1. The summed E-state index contributed by atoms with van der Waals surface area (Å²) in [5.41, 5.74) is 2.37. The predicted octanol–water partition coefficient (Wildman–Crippen LogP) is 4.53. The van der Waals surface area contributed by atoms with Crippen LogP contribution in [0.2, 0.25) is 5.02 Å². The Morgan fingerprint density at radius 3 is 2.75 bits per heavy atom. The number of rotatable bonds is 7. The van der Waals surface area contributed by atoms with E-state index >= 15 is 0 Å². The quantitative estimate of drug-likeness (QED) is 0.601. The van der Waals surface area contributed by atoms with Gasteiger partial charge in [0.1, 0.15) is 0 Å². The van der Waals surface area contributed by atoms with Gasteiger partial charge in [0.15, 0.2) is 0 Å². The van der Waals surface area contributed by atoms with Crippen molar-refractivity contribution in [2.75, 3.05) is 6.54 Å². The highest BCUT2D eigenvalue weighted by Gasteiger charge is 2.02. The SMILES string of the molecule is CCCNCc1ccc(SCc2ccccc2Cl)nc1. The Morgan fingerprint density at radius 1 is 1.20 bits per heavy atom. The van der Waals surface area contributed by atoms with Crippen LogP contribution in [0.15, 0.2) is 47.6 Å². The van der Waals surface area contributed by atoms with Crippen molar-refractivity contribution in [1.29, 1.82) is 0 Å². The summed E-state index contributed by atoms with van der Waals surface area (Å²) < 4.78 is 0. The molecule has 1 aromatic carbocycles. The number of halogens is 1. The first kappa shape index (κ1) is 15.4. The molecule has 0 atom stereocenters. The van der Waals surface area contributed by atoms with Gasteiger partial charge in [-0.3, -0.25) is 0 Å². The normalized spacial score (nSPS) is 10.7. The molecule has 0 saturated heterocycles. The van der Waals surface area contributed by atoms with Crippen molar-refractivity contribution in [3.8, 4) is 0 Å². The van der Waals surface area contributed by atoms with Gasteiger partial charge in [0.2, 0.25) is 0 Å². The van der Waals surface area contributed by atoms with Crippen molar-refractivity contribution in [2.45, 2.75) is 30.7 Å². The molecule has 0 bridgehead atoms. The van der Waals surface area contributed by atoms with Crippen LogP contribution >= 0.6 is 23.4 Å². The molecule has 0 spiro atoms. The molecule has 0 aliphatic carbocycles. The van der Waals surface area contributed by atoms with Gasteiger partial charge in [-0.1, -0.05) is 42.8 Å². The van der Waals surface area contributed by atoms with Crippen molar-refractivity contribution in [3.05, 3.63) is 58.7 Å². The number of nitrogens with one attached hydrogen (secondary N) is 1. The summed E-state index contributed by atoms with van der Waals surface area (Å²) in [4.78, 5) is 4.48. The molecule has 0 aliphatic heterocycles. The van der Waals surface area contributed by atoms with Crippen LogP contribution in [0.25, 0.3) is 0 Å². The van der Waals surface area contributed by atoms with Gasteiger partial charge in [0, 0.05) is 23.5 Å². The van der Waals surface area contributed by atoms with Crippen molar-refractivity contribution in [2.24, 2.45) is 0 Å². The highest BCUT2D eigenvalue weighted by atomic mass is 35.5.